The second-order valence-electron chi connectivity index (χ2n) is 11.6. The van der Waals surface area contributed by atoms with Gasteiger partial charge in [-0.05, 0) is 58.5 Å². The number of nitrogens with zero attached hydrogens (tertiary/aromatic N) is 2. The Balaban J connectivity index is 1.11. The van der Waals surface area contributed by atoms with Gasteiger partial charge in [0.05, 0.1) is 11.0 Å². The zero-order chi connectivity index (χ0) is 29.0. The minimum Gasteiger partial charge on any atom is -0.346 e. The van der Waals surface area contributed by atoms with E-state index in [1.807, 2.05) is 18.0 Å². The van der Waals surface area contributed by atoms with Crippen LogP contribution < -0.4 is 5.32 Å². The molecule has 2 atom stereocenters. The quantitative estimate of drug-likeness (QED) is 0.224. The van der Waals surface area contributed by atoms with E-state index in [1.54, 1.807) is 0 Å². The maximum atomic E-state index is 4.99. The molecule has 1 aromatic heterocycles. The number of aromatic nitrogens is 1. The van der Waals surface area contributed by atoms with Gasteiger partial charge >= 0.3 is 0 Å². The number of benzene rings is 5. The van der Waals surface area contributed by atoms with Crippen molar-refractivity contribution in [3.63, 3.8) is 0 Å². The van der Waals surface area contributed by atoms with Crippen molar-refractivity contribution in [1.82, 2.24) is 9.88 Å². The van der Waals surface area contributed by atoms with Crippen molar-refractivity contribution in [2.45, 2.75) is 23.5 Å². The van der Waals surface area contributed by atoms with E-state index in [2.05, 4.69) is 149 Å². The Morgan fingerprint density at radius 3 is 2.27 bits per heavy atom. The lowest BCUT2D eigenvalue weighted by molar-refractivity contribution is 0.486. The van der Waals surface area contributed by atoms with Gasteiger partial charge in [0.15, 0.2) is 0 Å². The van der Waals surface area contributed by atoms with Crippen molar-refractivity contribution in [3.8, 4) is 22.3 Å². The molecule has 9 rings (SSSR count). The zero-order valence-corrected chi connectivity index (χ0v) is 24.8. The Kier molecular flexibility index (Phi) is 5.95. The Labute approximate surface area is 261 Å². The van der Waals surface area contributed by atoms with Crippen LogP contribution in [0.25, 0.3) is 44.1 Å². The summed E-state index contributed by atoms with van der Waals surface area (Å²) in [6.07, 6.45) is 9.51. The van der Waals surface area contributed by atoms with Crippen molar-refractivity contribution in [1.29, 1.82) is 0 Å². The maximum Gasteiger partial charge on any atom is 0.200 e. The van der Waals surface area contributed by atoms with Gasteiger partial charge in [0, 0.05) is 44.0 Å². The van der Waals surface area contributed by atoms with Crippen LogP contribution in [-0.4, -0.2) is 10.8 Å². The second kappa shape index (κ2) is 10.3. The van der Waals surface area contributed by atoms with Crippen molar-refractivity contribution in [2.75, 3.05) is 0 Å². The van der Waals surface area contributed by atoms with Crippen LogP contribution in [0.2, 0.25) is 0 Å². The van der Waals surface area contributed by atoms with E-state index in [0.717, 1.165) is 12.1 Å². The fourth-order valence-corrected chi connectivity index (χ4v) is 8.31. The number of nitrogens with one attached hydrogen (secondary N) is 1. The van der Waals surface area contributed by atoms with Crippen LogP contribution in [0.5, 0.6) is 0 Å². The summed E-state index contributed by atoms with van der Waals surface area (Å²) in [4.78, 5) is 7.80. The fraction of sp³-hybridized carbons (Fsp3) is 0.0750. The number of hydrogen-bond acceptors (Lipinski definition) is 3. The average Bonchev–Trinajstić information content (AvgIpc) is 3.64. The highest BCUT2D eigenvalue weighted by Gasteiger charge is 2.33. The Bertz CT molecular complexity index is 2200. The van der Waals surface area contributed by atoms with E-state index >= 15 is 0 Å². The molecule has 5 aromatic carbocycles. The van der Waals surface area contributed by atoms with Gasteiger partial charge in [-0.15, -0.1) is 0 Å². The lowest BCUT2D eigenvalue weighted by Gasteiger charge is -2.27. The number of hydrogen-bond donors (Lipinski definition) is 1. The molecule has 1 N–H and O–H groups in total. The smallest absolute Gasteiger partial charge is 0.200 e. The minimum atomic E-state index is -0.260. The normalized spacial score (nSPS) is 18.8. The van der Waals surface area contributed by atoms with Gasteiger partial charge in [-0.25, -0.2) is 4.99 Å². The van der Waals surface area contributed by atoms with Crippen LogP contribution in [0.4, 0.5) is 0 Å². The molecule has 4 heteroatoms. The summed E-state index contributed by atoms with van der Waals surface area (Å²) in [6, 6.07) is 43.8. The first-order valence-corrected chi connectivity index (χ1v) is 16.0. The SMILES string of the molecule is C1=CC(C2=CC=NC(n3c4ccccc4c4ccc(-c5ccc(-c6ccccc6)cc5)cc43)N2)=C2Sc3ccccc3C2C1. The zero-order valence-electron chi connectivity index (χ0n) is 24.0. The predicted octanol–water partition coefficient (Wildman–Crippen LogP) is 10.2. The third-order valence-electron chi connectivity index (χ3n) is 9.08. The molecule has 0 fully saturated rings. The first-order chi connectivity index (χ1) is 21.8. The maximum absolute atomic E-state index is 4.99. The lowest BCUT2D eigenvalue weighted by Crippen LogP contribution is -2.28. The van der Waals surface area contributed by atoms with Crippen LogP contribution in [0.3, 0.4) is 0 Å². The molecular formula is C40H29N3S. The number of rotatable bonds is 4. The van der Waals surface area contributed by atoms with E-state index in [4.69, 9.17) is 4.99 Å². The Hall–Kier alpha value is -5.06. The van der Waals surface area contributed by atoms with Gasteiger partial charge in [-0.1, -0.05) is 127 Å². The Morgan fingerprint density at radius 1 is 0.682 bits per heavy atom. The van der Waals surface area contributed by atoms with Gasteiger partial charge in [0.2, 0.25) is 6.29 Å². The van der Waals surface area contributed by atoms with Crippen LogP contribution in [0.1, 0.15) is 24.2 Å². The van der Waals surface area contributed by atoms with Crippen molar-refractivity contribution >= 4 is 39.8 Å². The number of thioether (sulfide) groups is 1. The highest BCUT2D eigenvalue weighted by molar-refractivity contribution is 8.03. The molecular weight excluding hydrogens is 555 g/mol. The van der Waals surface area contributed by atoms with Crippen LogP contribution in [0, 0.1) is 0 Å². The monoisotopic (exact) mass is 583 g/mol. The number of aliphatic imine (C=N–C) groups is 1. The molecule has 3 nitrogen and oxygen atoms in total. The Morgan fingerprint density at radius 2 is 1.39 bits per heavy atom. The summed E-state index contributed by atoms with van der Waals surface area (Å²) < 4.78 is 2.36. The molecule has 2 unspecified atom stereocenters. The summed E-state index contributed by atoms with van der Waals surface area (Å²) in [7, 11) is 0. The highest BCUT2D eigenvalue weighted by Crippen LogP contribution is 2.54. The molecule has 6 aromatic rings. The fourth-order valence-electron chi connectivity index (χ4n) is 6.95. The first-order valence-electron chi connectivity index (χ1n) is 15.2. The molecule has 0 amide bonds. The third kappa shape index (κ3) is 4.10. The minimum absolute atomic E-state index is 0.260. The summed E-state index contributed by atoms with van der Waals surface area (Å²) in [5.41, 5.74) is 11.0. The molecule has 210 valence electrons. The molecule has 3 heterocycles. The van der Waals surface area contributed by atoms with Crippen LogP contribution in [-0.2, 0) is 0 Å². The van der Waals surface area contributed by atoms with Gasteiger partial charge in [-0.2, -0.15) is 0 Å². The summed E-state index contributed by atoms with van der Waals surface area (Å²) >= 11 is 1.92. The molecule has 1 aliphatic carbocycles. The second-order valence-corrected chi connectivity index (χ2v) is 12.7. The standard InChI is InChI=1S/C40H29N3S/c1-2-9-26(10-3-1)27-17-19-28(20-18-27)29-21-22-31-30-11-4-6-15-36(30)43(37(31)25-29)40-41-24-23-35(42-40)34-14-8-13-33-32-12-5-7-16-38(32)44-39(33)34/h1-12,14-25,33,40,42H,13H2. The van der Waals surface area contributed by atoms with E-state index < -0.39 is 0 Å². The van der Waals surface area contributed by atoms with Crippen LogP contribution >= 0.6 is 11.8 Å². The molecule has 0 bridgehead atoms. The average molecular weight is 584 g/mol. The predicted molar refractivity (Wildman–Crippen MR) is 185 cm³/mol. The van der Waals surface area contributed by atoms with E-state index in [9.17, 15) is 0 Å². The van der Waals surface area contributed by atoms with Crippen molar-refractivity contribution in [3.05, 3.63) is 161 Å². The first kappa shape index (κ1) is 25.4. The molecule has 2 aliphatic heterocycles. The number of fused-ring (bicyclic) bond motifs is 6. The molecule has 0 radical (unpaired) electrons. The topological polar surface area (TPSA) is 29.3 Å². The summed E-state index contributed by atoms with van der Waals surface area (Å²) in [5, 5.41) is 6.31. The van der Waals surface area contributed by atoms with E-state index in [0.29, 0.717) is 5.92 Å². The molecule has 0 saturated carbocycles. The van der Waals surface area contributed by atoms with Gasteiger partial charge in [-0.3, -0.25) is 0 Å². The third-order valence-corrected chi connectivity index (χ3v) is 10.4. The van der Waals surface area contributed by atoms with Crippen molar-refractivity contribution < 1.29 is 0 Å². The van der Waals surface area contributed by atoms with Gasteiger partial charge < -0.3 is 9.88 Å². The largest absolute Gasteiger partial charge is 0.346 e. The van der Waals surface area contributed by atoms with E-state index in [1.165, 1.54) is 65.0 Å². The van der Waals surface area contributed by atoms with Gasteiger partial charge in [0.25, 0.3) is 0 Å². The van der Waals surface area contributed by atoms with Crippen molar-refractivity contribution in [2.24, 2.45) is 4.99 Å². The summed E-state index contributed by atoms with van der Waals surface area (Å²) in [6.45, 7) is 0. The molecule has 44 heavy (non-hydrogen) atoms. The number of para-hydroxylation sites is 1. The molecule has 0 saturated heterocycles. The van der Waals surface area contributed by atoms with Crippen LogP contribution in [0.15, 0.2) is 166 Å². The highest BCUT2D eigenvalue weighted by atomic mass is 32.2. The number of allylic oxidation sites excluding steroid dienone is 4. The summed E-state index contributed by atoms with van der Waals surface area (Å²) in [5.74, 6) is 0.431. The van der Waals surface area contributed by atoms with E-state index in [-0.39, 0.29) is 6.29 Å². The lowest BCUT2D eigenvalue weighted by atomic mass is 9.88. The van der Waals surface area contributed by atoms with Gasteiger partial charge in [0.1, 0.15) is 0 Å². The molecule has 0 spiro atoms. The molecule has 3 aliphatic rings.